The van der Waals surface area contributed by atoms with E-state index >= 15 is 0 Å². The first kappa shape index (κ1) is 10.2. The van der Waals surface area contributed by atoms with E-state index < -0.39 is 0 Å². The largest absolute Gasteiger partial charge is 0.368 e. The van der Waals surface area contributed by atoms with Gasteiger partial charge in [0.05, 0.1) is 0 Å². The summed E-state index contributed by atoms with van der Waals surface area (Å²) in [6, 6.07) is 2.45. The van der Waals surface area contributed by atoms with Gasteiger partial charge in [-0.15, -0.1) is 0 Å². The molecule has 1 aromatic heterocycles. The fraction of sp³-hybridized carbons (Fsp3) is 0.600. The van der Waals surface area contributed by atoms with Crippen LogP contribution in [0.4, 0.5) is 11.8 Å². The smallest absolute Gasteiger partial charge is 0.221 e. The predicted octanol–water partition coefficient (Wildman–Crippen LogP) is 0.565. The van der Waals surface area contributed by atoms with E-state index in [-0.39, 0.29) is 0 Å². The van der Waals surface area contributed by atoms with Gasteiger partial charge in [0.1, 0.15) is 5.82 Å². The van der Waals surface area contributed by atoms with Crippen LogP contribution in [0.3, 0.4) is 0 Å². The summed E-state index contributed by atoms with van der Waals surface area (Å²) >= 11 is 0. The van der Waals surface area contributed by atoms with Crippen molar-refractivity contribution in [3.63, 3.8) is 0 Å². The molecule has 1 aromatic rings. The minimum atomic E-state index is 0.319. The van der Waals surface area contributed by atoms with Crippen molar-refractivity contribution in [2.75, 3.05) is 31.2 Å². The van der Waals surface area contributed by atoms with Crippen LogP contribution in [0.5, 0.6) is 0 Å². The van der Waals surface area contributed by atoms with Crippen molar-refractivity contribution in [3.8, 4) is 0 Å². The molecule has 5 heteroatoms. The number of nitrogens with zero attached hydrogens (tertiary/aromatic N) is 3. The van der Waals surface area contributed by atoms with Crippen molar-refractivity contribution in [2.24, 2.45) is 0 Å². The van der Waals surface area contributed by atoms with Crippen LogP contribution in [-0.2, 0) is 0 Å². The lowest BCUT2D eigenvalue weighted by Gasteiger charge is -2.19. The van der Waals surface area contributed by atoms with Crippen molar-refractivity contribution in [1.29, 1.82) is 0 Å². The van der Waals surface area contributed by atoms with Gasteiger partial charge in [-0.3, -0.25) is 0 Å². The second-order valence-electron chi connectivity index (χ2n) is 3.96. The first-order chi connectivity index (χ1) is 7.25. The molecule has 1 aliphatic rings. The highest BCUT2D eigenvalue weighted by Gasteiger charge is 2.20. The first-order valence-electron chi connectivity index (χ1n) is 5.28. The third-order valence-electron chi connectivity index (χ3n) is 2.86. The van der Waals surface area contributed by atoms with E-state index in [2.05, 4.69) is 27.2 Å². The summed E-state index contributed by atoms with van der Waals surface area (Å²) in [7, 11) is 2.16. The van der Waals surface area contributed by atoms with Crippen LogP contribution < -0.4 is 11.1 Å². The Morgan fingerprint density at radius 2 is 2.53 bits per heavy atom. The van der Waals surface area contributed by atoms with Gasteiger partial charge in [-0.05, 0) is 32.5 Å². The molecule has 0 amide bonds. The summed E-state index contributed by atoms with van der Waals surface area (Å²) in [5.74, 6) is 1.13. The number of likely N-dealkylation sites (N-methyl/N-ethyl adjacent to an activating group) is 1. The van der Waals surface area contributed by atoms with Gasteiger partial charge in [0.25, 0.3) is 0 Å². The van der Waals surface area contributed by atoms with Gasteiger partial charge >= 0.3 is 0 Å². The van der Waals surface area contributed by atoms with E-state index in [0.717, 1.165) is 12.4 Å². The molecular weight excluding hydrogens is 190 g/mol. The fourth-order valence-corrected chi connectivity index (χ4v) is 1.93. The van der Waals surface area contributed by atoms with E-state index in [1.165, 1.54) is 19.4 Å². The Labute approximate surface area is 89.7 Å². The highest BCUT2D eigenvalue weighted by atomic mass is 15.2. The van der Waals surface area contributed by atoms with Crippen LogP contribution >= 0.6 is 0 Å². The molecule has 0 bridgehead atoms. The number of anilines is 2. The molecule has 1 fully saturated rings. The summed E-state index contributed by atoms with van der Waals surface area (Å²) in [5, 5.41) is 3.29. The number of hydrogen-bond acceptors (Lipinski definition) is 5. The Balaban J connectivity index is 1.87. The van der Waals surface area contributed by atoms with Crippen molar-refractivity contribution in [1.82, 2.24) is 14.9 Å². The average Bonchev–Trinajstić information content (AvgIpc) is 2.61. The van der Waals surface area contributed by atoms with Crippen LogP contribution in [0, 0.1) is 0 Å². The number of nitrogens with one attached hydrogen (secondary N) is 1. The molecule has 1 unspecified atom stereocenters. The second kappa shape index (κ2) is 4.44. The summed E-state index contributed by atoms with van der Waals surface area (Å²) < 4.78 is 0. The Morgan fingerprint density at radius 3 is 3.20 bits per heavy atom. The maximum absolute atomic E-state index is 5.50. The van der Waals surface area contributed by atoms with Crippen LogP contribution in [0.1, 0.15) is 12.8 Å². The van der Waals surface area contributed by atoms with Gasteiger partial charge in [0.2, 0.25) is 5.95 Å². The van der Waals surface area contributed by atoms with Gasteiger partial charge in [-0.1, -0.05) is 0 Å². The summed E-state index contributed by atoms with van der Waals surface area (Å²) in [6.07, 6.45) is 4.21. The SMILES string of the molecule is CN1CCCC1CNc1ccnc(N)n1. The zero-order valence-corrected chi connectivity index (χ0v) is 8.98. The molecule has 1 saturated heterocycles. The van der Waals surface area contributed by atoms with E-state index in [1.54, 1.807) is 6.20 Å². The minimum Gasteiger partial charge on any atom is -0.368 e. The zero-order valence-electron chi connectivity index (χ0n) is 8.98. The number of hydrogen-bond donors (Lipinski definition) is 2. The molecule has 0 saturated carbocycles. The Bertz CT molecular complexity index is 327. The monoisotopic (exact) mass is 207 g/mol. The van der Waals surface area contributed by atoms with E-state index in [9.17, 15) is 0 Å². The maximum atomic E-state index is 5.50. The quantitative estimate of drug-likeness (QED) is 0.758. The molecule has 82 valence electrons. The molecule has 0 radical (unpaired) electrons. The number of aromatic nitrogens is 2. The lowest BCUT2D eigenvalue weighted by molar-refractivity contribution is 0.322. The van der Waals surface area contributed by atoms with Crippen molar-refractivity contribution >= 4 is 11.8 Å². The van der Waals surface area contributed by atoms with Crippen LogP contribution in [0.2, 0.25) is 0 Å². The lowest BCUT2D eigenvalue weighted by atomic mass is 10.2. The third-order valence-corrected chi connectivity index (χ3v) is 2.86. The van der Waals surface area contributed by atoms with E-state index in [4.69, 9.17) is 5.73 Å². The number of likely N-dealkylation sites (tertiary alicyclic amines) is 1. The highest BCUT2D eigenvalue weighted by molar-refractivity contribution is 5.37. The molecule has 2 heterocycles. The van der Waals surface area contributed by atoms with Gasteiger partial charge in [0.15, 0.2) is 0 Å². The van der Waals surface area contributed by atoms with Crippen LogP contribution in [0.25, 0.3) is 0 Å². The fourth-order valence-electron chi connectivity index (χ4n) is 1.93. The van der Waals surface area contributed by atoms with Crippen LogP contribution in [-0.4, -0.2) is 41.0 Å². The minimum absolute atomic E-state index is 0.319. The molecule has 3 N–H and O–H groups in total. The van der Waals surface area contributed by atoms with E-state index in [0.29, 0.717) is 12.0 Å². The Hall–Kier alpha value is -1.36. The number of nitrogens with two attached hydrogens (primary N) is 1. The zero-order chi connectivity index (χ0) is 10.7. The van der Waals surface area contributed by atoms with Gasteiger partial charge in [0, 0.05) is 18.8 Å². The molecule has 0 aromatic carbocycles. The molecule has 1 aliphatic heterocycles. The topological polar surface area (TPSA) is 67.1 Å². The molecule has 1 atom stereocenters. The Morgan fingerprint density at radius 1 is 1.67 bits per heavy atom. The van der Waals surface area contributed by atoms with Crippen molar-refractivity contribution < 1.29 is 0 Å². The second-order valence-corrected chi connectivity index (χ2v) is 3.96. The maximum Gasteiger partial charge on any atom is 0.221 e. The van der Waals surface area contributed by atoms with Crippen molar-refractivity contribution in [2.45, 2.75) is 18.9 Å². The van der Waals surface area contributed by atoms with E-state index in [1.807, 2.05) is 6.07 Å². The third kappa shape index (κ3) is 2.56. The summed E-state index contributed by atoms with van der Waals surface area (Å²) in [4.78, 5) is 10.3. The normalized spacial score (nSPS) is 21.8. The molecular formula is C10H17N5. The van der Waals surface area contributed by atoms with Crippen LogP contribution in [0.15, 0.2) is 12.3 Å². The Kier molecular flexibility index (Phi) is 3.01. The first-order valence-corrected chi connectivity index (χ1v) is 5.28. The summed E-state index contributed by atoms with van der Waals surface area (Å²) in [6.45, 7) is 2.12. The number of nitrogen functional groups attached to an aromatic ring is 1. The molecule has 0 aliphatic carbocycles. The number of rotatable bonds is 3. The molecule has 5 nitrogen and oxygen atoms in total. The van der Waals surface area contributed by atoms with Gasteiger partial charge in [-0.2, -0.15) is 4.98 Å². The molecule has 2 rings (SSSR count). The molecule has 0 spiro atoms. The molecule has 15 heavy (non-hydrogen) atoms. The van der Waals surface area contributed by atoms with Crippen molar-refractivity contribution in [3.05, 3.63) is 12.3 Å². The summed E-state index contributed by atoms with van der Waals surface area (Å²) in [5.41, 5.74) is 5.50. The highest BCUT2D eigenvalue weighted by Crippen LogP contribution is 2.15. The standard InChI is InChI=1S/C10H17N5/c1-15-6-2-3-8(15)7-13-9-4-5-12-10(11)14-9/h4-5,8H,2-3,6-7H2,1H3,(H3,11,12,13,14). The van der Waals surface area contributed by atoms with Gasteiger partial charge < -0.3 is 16.0 Å². The lowest BCUT2D eigenvalue weighted by Crippen LogP contribution is -2.31. The van der Waals surface area contributed by atoms with Gasteiger partial charge in [-0.25, -0.2) is 4.98 Å². The average molecular weight is 207 g/mol. The predicted molar refractivity (Wildman–Crippen MR) is 60.6 cm³/mol.